The van der Waals surface area contributed by atoms with E-state index in [0.717, 1.165) is 43.8 Å². The van der Waals surface area contributed by atoms with Gasteiger partial charge in [-0.25, -0.2) is 0 Å². The van der Waals surface area contributed by atoms with Crippen LogP contribution in [0, 0.1) is 5.92 Å². The van der Waals surface area contributed by atoms with E-state index in [9.17, 15) is 9.90 Å². The molecule has 26 heavy (non-hydrogen) atoms. The Hall–Kier alpha value is -1.59. The van der Waals surface area contributed by atoms with Crippen molar-refractivity contribution in [2.45, 2.75) is 61.7 Å². The largest absolute Gasteiger partial charge is 0.504 e. The zero-order valence-corrected chi connectivity index (χ0v) is 15.2. The van der Waals surface area contributed by atoms with Crippen LogP contribution in [-0.2, 0) is 21.4 Å². The molecule has 5 heteroatoms. The molecule has 3 aliphatic carbocycles. The van der Waals surface area contributed by atoms with Crippen molar-refractivity contribution < 1.29 is 19.4 Å². The Labute approximate surface area is 153 Å². The van der Waals surface area contributed by atoms with Gasteiger partial charge in [0.25, 0.3) is 0 Å². The van der Waals surface area contributed by atoms with Crippen LogP contribution < -0.4 is 4.74 Å². The van der Waals surface area contributed by atoms with Crippen molar-refractivity contribution in [1.29, 1.82) is 0 Å². The fourth-order valence-electron chi connectivity index (χ4n) is 6.65. The summed E-state index contributed by atoms with van der Waals surface area (Å²) in [6, 6.07) is 4.05. The predicted molar refractivity (Wildman–Crippen MR) is 94.6 cm³/mol. The number of ether oxygens (including phenoxy) is 2. The molecule has 6 rings (SSSR count). The topological polar surface area (TPSA) is 59.0 Å². The van der Waals surface area contributed by atoms with Crippen molar-refractivity contribution >= 4 is 5.78 Å². The van der Waals surface area contributed by atoms with E-state index in [2.05, 4.69) is 4.90 Å². The minimum absolute atomic E-state index is 0.157. The molecule has 1 aromatic carbocycles. The summed E-state index contributed by atoms with van der Waals surface area (Å²) in [5.41, 5.74) is 1.46. The van der Waals surface area contributed by atoms with Gasteiger partial charge in [-0.15, -0.1) is 0 Å². The molecule has 0 amide bonds. The van der Waals surface area contributed by atoms with Crippen LogP contribution in [0.4, 0.5) is 0 Å². The first-order chi connectivity index (χ1) is 12.6. The summed E-state index contributed by atoms with van der Waals surface area (Å²) in [6.07, 6.45) is 5.20. The minimum atomic E-state index is -0.510. The fourth-order valence-corrected chi connectivity index (χ4v) is 6.65. The maximum Gasteiger partial charge on any atom is 0.174 e. The summed E-state index contributed by atoms with van der Waals surface area (Å²) in [5.74, 6) is 1.69. The number of hydrogen-bond donors (Lipinski definition) is 1. The van der Waals surface area contributed by atoms with E-state index in [4.69, 9.17) is 9.47 Å². The number of piperidine rings is 1. The molecule has 1 N–H and O–H groups in total. The molecule has 1 saturated heterocycles. The number of benzene rings is 1. The molecule has 0 aromatic heterocycles. The second-order valence-corrected chi connectivity index (χ2v) is 8.89. The average molecular weight is 355 g/mol. The Morgan fingerprint density at radius 1 is 1.35 bits per heavy atom. The van der Waals surface area contributed by atoms with Crippen LogP contribution in [0.5, 0.6) is 11.5 Å². The first-order valence-electron chi connectivity index (χ1n) is 9.94. The Morgan fingerprint density at radius 2 is 2.19 bits per heavy atom. The maximum atomic E-state index is 12.9. The molecule has 4 atom stereocenters. The third-order valence-electron chi connectivity index (χ3n) is 7.88. The number of phenols is 1. The van der Waals surface area contributed by atoms with Gasteiger partial charge >= 0.3 is 0 Å². The minimum Gasteiger partial charge on any atom is -0.504 e. The quantitative estimate of drug-likeness (QED) is 0.901. The lowest BCUT2D eigenvalue weighted by Gasteiger charge is -2.64. The number of phenolic OH excluding ortho intramolecular Hbond substituents is 1. The normalized spacial score (nSPS) is 40.3. The second-order valence-electron chi connectivity index (χ2n) is 8.89. The Bertz CT molecular complexity index is 818. The van der Waals surface area contributed by atoms with Gasteiger partial charge in [0.1, 0.15) is 0 Å². The number of ketones is 1. The standard InChI is InChI=1S/C21H25NO4/c1-25-21-7-6-15(24)19-20(21)8-9-22(11-12-2-3-12)16(21)10-13-4-5-14(23)18(26-19)17(13)20/h4-5,12,16,19,23H,2-3,6-11H2,1H3/t16-,19?,20+,21-/m0/s1. The third-order valence-corrected chi connectivity index (χ3v) is 7.88. The first kappa shape index (κ1) is 15.5. The number of aromatic hydroxyl groups is 1. The number of rotatable bonds is 3. The van der Waals surface area contributed by atoms with Crippen molar-refractivity contribution in [3.05, 3.63) is 23.3 Å². The molecule has 1 spiro atoms. The summed E-state index contributed by atoms with van der Waals surface area (Å²) in [4.78, 5) is 15.5. The smallest absolute Gasteiger partial charge is 0.174 e. The van der Waals surface area contributed by atoms with E-state index in [1.54, 1.807) is 6.07 Å². The summed E-state index contributed by atoms with van der Waals surface area (Å²) in [6.45, 7) is 2.12. The average Bonchev–Trinajstić information content (AvgIpc) is 3.38. The highest BCUT2D eigenvalue weighted by molar-refractivity contribution is 5.90. The molecule has 3 fully saturated rings. The van der Waals surface area contributed by atoms with Crippen LogP contribution in [0.25, 0.3) is 0 Å². The molecule has 0 radical (unpaired) electrons. The number of Topliss-reactive ketones (excluding diaryl/α,β-unsaturated/α-hetero) is 1. The highest BCUT2D eigenvalue weighted by atomic mass is 16.5. The van der Waals surface area contributed by atoms with Crippen LogP contribution in [-0.4, -0.2) is 53.7 Å². The molecule has 5 aliphatic rings. The molecule has 1 unspecified atom stereocenters. The summed E-state index contributed by atoms with van der Waals surface area (Å²) >= 11 is 0. The summed E-state index contributed by atoms with van der Waals surface area (Å²) in [7, 11) is 1.81. The van der Waals surface area contributed by atoms with Crippen molar-refractivity contribution in [1.82, 2.24) is 4.90 Å². The van der Waals surface area contributed by atoms with Gasteiger partial charge < -0.3 is 14.6 Å². The molecule has 2 aliphatic heterocycles. The Morgan fingerprint density at radius 3 is 2.96 bits per heavy atom. The monoisotopic (exact) mass is 355 g/mol. The lowest BCUT2D eigenvalue weighted by atomic mass is 9.49. The van der Waals surface area contributed by atoms with Crippen LogP contribution in [0.2, 0.25) is 0 Å². The van der Waals surface area contributed by atoms with Gasteiger partial charge in [-0.1, -0.05) is 6.07 Å². The van der Waals surface area contributed by atoms with Crippen LogP contribution in [0.15, 0.2) is 12.1 Å². The second kappa shape index (κ2) is 4.82. The molecule has 5 nitrogen and oxygen atoms in total. The van der Waals surface area contributed by atoms with Crippen LogP contribution in [0.1, 0.15) is 43.2 Å². The van der Waals surface area contributed by atoms with E-state index in [-0.39, 0.29) is 17.6 Å². The highest BCUT2D eigenvalue weighted by Crippen LogP contribution is 2.65. The van der Waals surface area contributed by atoms with E-state index in [1.807, 2.05) is 13.2 Å². The number of likely N-dealkylation sites (tertiary alicyclic amines) is 1. The first-order valence-corrected chi connectivity index (χ1v) is 9.94. The number of methoxy groups -OCH3 is 1. The molecule has 2 heterocycles. The number of hydrogen-bond acceptors (Lipinski definition) is 5. The van der Waals surface area contributed by atoms with Gasteiger partial charge in [-0.2, -0.15) is 0 Å². The van der Waals surface area contributed by atoms with Gasteiger partial charge in [-0.05, 0) is 56.2 Å². The zero-order valence-electron chi connectivity index (χ0n) is 15.2. The Kier molecular flexibility index (Phi) is 2.86. The number of carbonyl (C=O) groups is 1. The number of carbonyl (C=O) groups excluding carboxylic acids is 1. The van der Waals surface area contributed by atoms with Crippen molar-refractivity contribution in [2.24, 2.45) is 5.92 Å². The van der Waals surface area contributed by atoms with E-state index >= 15 is 0 Å². The van der Waals surface area contributed by atoms with Gasteiger partial charge in [-0.3, -0.25) is 9.69 Å². The Balaban J connectivity index is 1.60. The van der Waals surface area contributed by atoms with Crippen molar-refractivity contribution in [2.75, 3.05) is 20.2 Å². The maximum absolute atomic E-state index is 12.9. The lowest BCUT2D eigenvalue weighted by Crippen LogP contribution is -2.77. The zero-order chi connectivity index (χ0) is 17.7. The van der Waals surface area contributed by atoms with Gasteiger partial charge in [0.05, 0.1) is 11.0 Å². The van der Waals surface area contributed by atoms with Crippen molar-refractivity contribution in [3.8, 4) is 11.5 Å². The summed E-state index contributed by atoms with van der Waals surface area (Å²) < 4.78 is 12.5. The SMILES string of the molecule is CO[C@]12CCC(=O)C3Oc4c(O)ccc5c4[C@]31CCN(CC1CC1)[C@H]2C5. The van der Waals surface area contributed by atoms with E-state index in [1.165, 1.54) is 18.4 Å². The third kappa shape index (κ3) is 1.59. The van der Waals surface area contributed by atoms with Gasteiger partial charge in [0, 0.05) is 31.7 Å². The lowest BCUT2D eigenvalue weighted by molar-refractivity contribution is -0.202. The fraction of sp³-hybridized carbons (Fsp3) is 0.667. The molecule has 2 bridgehead atoms. The molecule has 1 aromatic rings. The van der Waals surface area contributed by atoms with Gasteiger partial charge in [0.2, 0.25) is 0 Å². The van der Waals surface area contributed by atoms with E-state index < -0.39 is 17.1 Å². The van der Waals surface area contributed by atoms with Crippen molar-refractivity contribution in [3.63, 3.8) is 0 Å². The molecular weight excluding hydrogens is 330 g/mol. The van der Waals surface area contributed by atoms with E-state index in [0.29, 0.717) is 12.2 Å². The molecule has 138 valence electrons. The van der Waals surface area contributed by atoms with Crippen LogP contribution in [0.3, 0.4) is 0 Å². The molecular formula is C21H25NO4. The predicted octanol–water partition coefficient (Wildman–Crippen LogP) is 2.18. The van der Waals surface area contributed by atoms with Gasteiger partial charge in [0.15, 0.2) is 23.4 Å². The van der Waals surface area contributed by atoms with Crippen LogP contribution >= 0.6 is 0 Å². The highest BCUT2D eigenvalue weighted by Gasteiger charge is 2.74. The number of nitrogens with zero attached hydrogens (tertiary/aromatic N) is 1. The summed E-state index contributed by atoms with van der Waals surface area (Å²) in [5, 5.41) is 10.4. The molecule has 2 saturated carbocycles.